The van der Waals surface area contributed by atoms with Crippen molar-refractivity contribution in [3.8, 4) is 0 Å². The second-order valence-corrected chi connectivity index (χ2v) is 5.85. The highest BCUT2D eigenvalue weighted by atomic mass is 19.3. The molecule has 1 atom stereocenters. The Bertz CT molecular complexity index is 230. The van der Waals surface area contributed by atoms with E-state index in [2.05, 4.69) is 5.43 Å². The Morgan fingerprint density at radius 3 is 2.24 bits per heavy atom. The Morgan fingerprint density at radius 1 is 1.12 bits per heavy atom. The summed E-state index contributed by atoms with van der Waals surface area (Å²) in [6.07, 6.45) is 7.63. The molecule has 0 saturated heterocycles. The number of nitrogens with one attached hydrogen (secondary N) is 1. The van der Waals surface area contributed by atoms with Crippen molar-refractivity contribution in [3.63, 3.8) is 0 Å². The smallest absolute Gasteiger partial charge is 0.248 e. The lowest BCUT2D eigenvalue weighted by atomic mass is 9.79. The van der Waals surface area contributed by atoms with Crippen LogP contribution < -0.4 is 11.3 Å². The number of hydrazine groups is 1. The molecule has 4 heteroatoms. The van der Waals surface area contributed by atoms with Gasteiger partial charge < -0.3 is 0 Å². The van der Waals surface area contributed by atoms with Crippen LogP contribution in [-0.2, 0) is 0 Å². The molecule has 2 saturated carbocycles. The Labute approximate surface area is 102 Å². The fraction of sp³-hybridized carbons (Fsp3) is 1.00. The Morgan fingerprint density at radius 2 is 1.71 bits per heavy atom. The molecule has 0 amide bonds. The molecule has 17 heavy (non-hydrogen) atoms. The third-order valence-corrected chi connectivity index (χ3v) is 4.61. The van der Waals surface area contributed by atoms with Crippen LogP contribution in [0.3, 0.4) is 0 Å². The minimum atomic E-state index is -2.43. The van der Waals surface area contributed by atoms with E-state index in [1.165, 1.54) is 25.7 Å². The van der Waals surface area contributed by atoms with Crippen LogP contribution in [0.2, 0.25) is 0 Å². The van der Waals surface area contributed by atoms with E-state index in [4.69, 9.17) is 5.84 Å². The SMILES string of the molecule is NNC(CC1CCCC1)C1CCC(F)(F)CC1. The molecule has 0 radical (unpaired) electrons. The van der Waals surface area contributed by atoms with Crippen molar-refractivity contribution in [1.29, 1.82) is 0 Å². The molecule has 2 aliphatic rings. The van der Waals surface area contributed by atoms with Gasteiger partial charge in [-0.15, -0.1) is 0 Å². The first-order valence-corrected chi connectivity index (χ1v) is 6.95. The van der Waals surface area contributed by atoms with E-state index in [1.54, 1.807) is 0 Å². The lowest BCUT2D eigenvalue weighted by Gasteiger charge is -2.34. The van der Waals surface area contributed by atoms with Crippen LogP contribution in [0.1, 0.15) is 57.8 Å². The maximum absolute atomic E-state index is 13.1. The van der Waals surface area contributed by atoms with Crippen molar-refractivity contribution in [1.82, 2.24) is 5.43 Å². The molecule has 2 fully saturated rings. The largest absolute Gasteiger partial charge is 0.271 e. The summed E-state index contributed by atoms with van der Waals surface area (Å²) in [4.78, 5) is 0. The molecule has 1 unspecified atom stereocenters. The highest BCUT2D eigenvalue weighted by Gasteiger charge is 2.38. The first-order valence-electron chi connectivity index (χ1n) is 6.95. The van der Waals surface area contributed by atoms with Gasteiger partial charge in [-0.05, 0) is 31.1 Å². The third-order valence-electron chi connectivity index (χ3n) is 4.61. The third kappa shape index (κ3) is 3.62. The van der Waals surface area contributed by atoms with Crippen molar-refractivity contribution < 1.29 is 8.78 Å². The predicted molar refractivity (Wildman–Crippen MR) is 64.6 cm³/mol. The normalized spacial score (nSPS) is 28.4. The van der Waals surface area contributed by atoms with E-state index < -0.39 is 5.92 Å². The Kier molecular flexibility index (Phi) is 4.36. The molecular weight excluding hydrogens is 222 g/mol. The van der Waals surface area contributed by atoms with Gasteiger partial charge in [0.1, 0.15) is 0 Å². The van der Waals surface area contributed by atoms with Gasteiger partial charge in [-0.2, -0.15) is 0 Å². The summed E-state index contributed by atoms with van der Waals surface area (Å²) in [5, 5.41) is 0. The van der Waals surface area contributed by atoms with Crippen LogP contribution in [0.4, 0.5) is 8.78 Å². The standard InChI is InChI=1S/C13H24F2N2/c14-13(15)7-5-11(6-8-13)12(17-16)9-10-3-1-2-4-10/h10-12,17H,1-9,16H2. The molecule has 0 heterocycles. The van der Waals surface area contributed by atoms with Crippen molar-refractivity contribution >= 4 is 0 Å². The summed E-state index contributed by atoms with van der Waals surface area (Å²) in [6.45, 7) is 0. The minimum absolute atomic E-state index is 0.0422. The van der Waals surface area contributed by atoms with Gasteiger partial charge in [0.25, 0.3) is 0 Å². The zero-order valence-electron chi connectivity index (χ0n) is 10.4. The number of hydrogen-bond donors (Lipinski definition) is 2. The molecule has 2 aliphatic carbocycles. The molecule has 100 valence electrons. The van der Waals surface area contributed by atoms with Crippen molar-refractivity contribution in [2.75, 3.05) is 0 Å². The van der Waals surface area contributed by atoms with E-state index in [0.29, 0.717) is 18.8 Å². The van der Waals surface area contributed by atoms with Gasteiger partial charge in [0.05, 0.1) is 0 Å². The van der Waals surface area contributed by atoms with Gasteiger partial charge in [0.2, 0.25) is 5.92 Å². The fourth-order valence-electron chi connectivity index (χ4n) is 3.47. The first kappa shape index (κ1) is 13.2. The van der Waals surface area contributed by atoms with E-state index in [-0.39, 0.29) is 18.9 Å². The number of alkyl halides is 2. The monoisotopic (exact) mass is 246 g/mol. The Hall–Kier alpha value is -0.220. The van der Waals surface area contributed by atoms with Crippen molar-refractivity contribution in [3.05, 3.63) is 0 Å². The van der Waals surface area contributed by atoms with E-state index in [9.17, 15) is 8.78 Å². The maximum Gasteiger partial charge on any atom is 0.248 e. The minimum Gasteiger partial charge on any atom is -0.271 e. The van der Waals surface area contributed by atoms with Gasteiger partial charge in [-0.25, -0.2) is 8.78 Å². The molecule has 2 nitrogen and oxygen atoms in total. The van der Waals surface area contributed by atoms with E-state index >= 15 is 0 Å². The lowest BCUT2D eigenvalue weighted by Crippen LogP contribution is -2.44. The molecule has 0 spiro atoms. The zero-order chi connectivity index (χ0) is 12.3. The molecule has 2 rings (SSSR count). The van der Waals surface area contributed by atoms with E-state index in [0.717, 1.165) is 12.3 Å². The second-order valence-electron chi connectivity index (χ2n) is 5.85. The van der Waals surface area contributed by atoms with Gasteiger partial charge in [-0.3, -0.25) is 11.3 Å². The summed E-state index contributed by atoms with van der Waals surface area (Å²) in [6, 6.07) is 0.245. The summed E-state index contributed by atoms with van der Waals surface area (Å²) in [5.41, 5.74) is 2.88. The highest BCUT2D eigenvalue weighted by molar-refractivity contribution is 4.86. The first-order chi connectivity index (χ1) is 8.11. The molecule has 0 aromatic carbocycles. The summed E-state index contributed by atoms with van der Waals surface area (Å²) >= 11 is 0. The van der Waals surface area contributed by atoms with Gasteiger partial charge in [0.15, 0.2) is 0 Å². The molecule has 0 aromatic rings. The van der Waals surface area contributed by atoms with Crippen LogP contribution >= 0.6 is 0 Å². The van der Waals surface area contributed by atoms with Crippen molar-refractivity contribution in [2.45, 2.75) is 69.8 Å². The number of rotatable bonds is 4. The fourth-order valence-corrected chi connectivity index (χ4v) is 3.47. The van der Waals surface area contributed by atoms with Crippen LogP contribution in [0.25, 0.3) is 0 Å². The highest BCUT2D eigenvalue weighted by Crippen LogP contribution is 2.39. The summed E-state index contributed by atoms with van der Waals surface area (Å²) < 4.78 is 26.2. The molecule has 0 aromatic heterocycles. The van der Waals surface area contributed by atoms with Gasteiger partial charge in [0, 0.05) is 18.9 Å². The number of hydrogen-bond acceptors (Lipinski definition) is 2. The molecule has 0 bridgehead atoms. The van der Waals surface area contributed by atoms with Gasteiger partial charge in [-0.1, -0.05) is 25.7 Å². The Balaban J connectivity index is 1.81. The van der Waals surface area contributed by atoms with Crippen LogP contribution in [0.5, 0.6) is 0 Å². The maximum atomic E-state index is 13.1. The average Bonchev–Trinajstić information content (AvgIpc) is 2.79. The van der Waals surface area contributed by atoms with E-state index in [1.807, 2.05) is 0 Å². The molecular formula is C13H24F2N2. The average molecular weight is 246 g/mol. The summed E-state index contributed by atoms with van der Waals surface area (Å²) in [5.74, 6) is 4.29. The predicted octanol–water partition coefficient (Wildman–Crippen LogP) is 3.22. The van der Waals surface area contributed by atoms with Crippen LogP contribution in [0, 0.1) is 11.8 Å². The second kappa shape index (κ2) is 5.61. The number of halogens is 2. The van der Waals surface area contributed by atoms with Crippen LogP contribution in [-0.4, -0.2) is 12.0 Å². The number of nitrogens with two attached hydrogens (primary N) is 1. The molecule has 3 N–H and O–H groups in total. The quantitative estimate of drug-likeness (QED) is 0.590. The zero-order valence-corrected chi connectivity index (χ0v) is 10.4. The molecule has 0 aliphatic heterocycles. The lowest BCUT2D eigenvalue weighted by molar-refractivity contribution is -0.0504. The van der Waals surface area contributed by atoms with Crippen LogP contribution in [0.15, 0.2) is 0 Å². The topological polar surface area (TPSA) is 38.0 Å². The van der Waals surface area contributed by atoms with Crippen molar-refractivity contribution in [2.24, 2.45) is 17.7 Å². The van der Waals surface area contributed by atoms with Gasteiger partial charge >= 0.3 is 0 Å². The summed E-state index contributed by atoms with van der Waals surface area (Å²) in [7, 11) is 0.